The van der Waals surface area contributed by atoms with Crippen molar-refractivity contribution in [1.29, 1.82) is 0 Å². The van der Waals surface area contributed by atoms with E-state index < -0.39 is 0 Å². The molecule has 0 aliphatic heterocycles. The van der Waals surface area contributed by atoms with Crippen LogP contribution in [0.1, 0.15) is 6.92 Å². The van der Waals surface area contributed by atoms with E-state index in [4.69, 9.17) is 21.4 Å². The van der Waals surface area contributed by atoms with Gasteiger partial charge in [0, 0.05) is 5.88 Å². The summed E-state index contributed by atoms with van der Waals surface area (Å²) in [5, 5.41) is 8.39. The normalized spacial score (nSPS) is 13.9. The lowest BCUT2D eigenvalue weighted by atomic mass is 10.4. The average Bonchev–Trinajstić information content (AvgIpc) is 1.83. The lowest BCUT2D eigenvalue weighted by molar-refractivity contribution is 0.0336. The third kappa shape index (κ3) is 4.37. The third-order valence-corrected chi connectivity index (χ3v) is 0.891. The Morgan fingerprint density at radius 1 is 1.75 bits per heavy atom. The van der Waals surface area contributed by atoms with Crippen LogP contribution in [-0.4, -0.2) is 30.3 Å². The van der Waals surface area contributed by atoms with Gasteiger partial charge < -0.3 is 9.84 Å². The van der Waals surface area contributed by atoms with Crippen molar-refractivity contribution in [2.45, 2.75) is 13.0 Å². The zero-order valence-electron chi connectivity index (χ0n) is 4.93. The van der Waals surface area contributed by atoms with E-state index in [9.17, 15) is 0 Å². The fraction of sp³-hybridized carbons (Fsp3) is 1.00. The fourth-order valence-corrected chi connectivity index (χ4v) is 0.388. The second-order valence-electron chi connectivity index (χ2n) is 1.55. The molecule has 0 aromatic carbocycles. The summed E-state index contributed by atoms with van der Waals surface area (Å²) >= 11 is 5.30. The Bertz CT molecular complexity index is 49.7. The molecule has 1 unspecified atom stereocenters. The predicted molar refractivity (Wildman–Crippen MR) is 33.2 cm³/mol. The maximum absolute atomic E-state index is 8.39. The van der Waals surface area contributed by atoms with Gasteiger partial charge in [-0.2, -0.15) is 0 Å². The van der Waals surface area contributed by atoms with E-state index in [1.165, 1.54) is 0 Å². The van der Waals surface area contributed by atoms with E-state index in [0.717, 1.165) is 0 Å². The van der Waals surface area contributed by atoms with Gasteiger partial charge in [-0.1, -0.05) is 0 Å². The minimum Gasteiger partial charge on any atom is -0.394 e. The summed E-state index contributed by atoms with van der Waals surface area (Å²) in [4.78, 5) is 0. The van der Waals surface area contributed by atoms with E-state index in [2.05, 4.69) is 0 Å². The number of halogens is 1. The number of rotatable bonds is 4. The molecule has 3 heteroatoms. The second kappa shape index (κ2) is 5.35. The molecule has 0 amide bonds. The molecule has 0 aromatic heterocycles. The summed E-state index contributed by atoms with van der Waals surface area (Å²) in [6.07, 6.45) is -0.0752. The number of hydrogen-bond acceptors (Lipinski definition) is 2. The molecule has 50 valence electrons. The molecule has 2 nitrogen and oxygen atoms in total. The monoisotopic (exact) mass is 138 g/mol. The summed E-state index contributed by atoms with van der Waals surface area (Å²) in [7, 11) is 0. The smallest absolute Gasteiger partial charge is 0.0778 e. The highest BCUT2D eigenvalue weighted by molar-refractivity contribution is 6.17. The Morgan fingerprint density at radius 3 is 2.75 bits per heavy atom. The molecule has 0 rings (SSSR count). The number of aliphatic hydroxyl groups is 1. The number of alkyl halides is 1. The van der Waals surface area contributed by atoms with Gasteiger partial charge in [0.15, 0.2) is 0 Å². The zero-order valence-corrected chi connectivity index (χ0v) is 5.69. The van der Waals surface area contributed by atoms with Crippen LogP contribution >= 0.6 is 11.6 Å². The summed E-state index contributed by atoms with van der Waals surface area (Å²) < 4.78 is 4.96. The van der Waals surface area contributed by atoms with Crippen molar-refractivity contribution in [3.8, 4) is 0 Å². The number of aliphatic hydroxyl groups excluding tert-OH is 1. The van der Waals surface area contributed by atoms with E-state index >= 15 is 0 Å². The van der Waals surface area contributed by atoms with E-state index in [1.54, 1.807) is 6.92 Å². The lowest BCUT2D eigenvalue weighted by Crippen LogP contribution is -2.13. The first-order valence-corrected chi connectivity index (χ1v) is 3.13. The summed E-state index contributed by atoms with van der Waals surface area (Å²) in [6, 6.07) is 0. The zero-order chi connectivity index (χ0) is 6.41. The largest absolute Gasteiger partial charge is 0.394 e. The Labute approximate surface area is 54.4 Å². The van der Waals surface area contributed by atoms with Crippen molar-refractivity contribution in [1.82, 2.24) is 0 Å². The van der Waals surface area contributed by atoms with E-state index in [-0.39, 0.29) is 12.7 Å². The van der Waals surface area contributed by atoms with Crippen LogP contribution in [0.15, 0.2) is 0 Å². The minimum absolute atomic E-state index is 0.0664. The van der Waals surface area contributed by atoms with Crippen molar-refractivity contribution >= 4 is 11.6 Å². The lowest BCUT2D eigenvalue weighted by Gasteiger charge is -2.06. The summed E-state index contributed by atoms with van der Waals surface area (Å²) in [6.45, 7) is 2.38. The minimum atomic E-state index is -0.0752. The van der Waals surface area contributed by atoms with Crippen LogP contribution in [0, 0.1) is 0 Å². The first kappa shape index (κ1) is 8.21. The molecule has 0 saturated heterocycles. The highest BCUT2D eigenvalue weighted by Crippen LogP contribution is 1.87. The van der Waals surface area contributed by atoms with Crippen LogP contribution in [0.3, 0.4) is 0 Å². The Morgan fingerprint density at radius 2 is 2.38 bits per heavy atom. The van der Waals surface area contributed by atoms with Crippen LogP contribution < -0.4 is 0 Å². The van der Waals surface area contributed by atoms with Crippen molar-refractivity contribution in [2.75, 3.05) is 19.1 Å². The molecule has 0 bridgehead atoms. The van der Waals surface area contributed by atoms with E-state index in [0.29, 0.717) is 12.5 Å². The molecule has 0 aromatic rings. The van der Waals surface area contributed by atoms with Crippen LogP contribution in [0.25, 0.3) is 0 Å². The Hall–Kier alpha value is 0.210. The fourth-order valence-electron chi connectivity index (χ4n) is 0.298. The van der Waals surface area contributed by atoms with Gasteiger partial charge in [-0.25, -0.2) is 0 Å². The van der Waals surface area contributed by atoms with Crippen molar-refractivity contribution in [3.05, 3.63) is 0 Å². The molecule has 1 N–H and O–H groups in total. The molecule has 0 radical (unpaired) electrons. The first-order valence-electron chi connectivity index (χ1n) is 2.59. The van der Waals surface area contributed by atoms with Gasteiger partial charge in [-0.15, -0.1) is 11.6 Å². The van der Waals surface area contributed by atoms with Gasteiger partial charge in [0.05, 0.1) is 19.3 Å². The second-order valence-corrected chi connectivity index (χ2v) is 1.93. The summed E-state index contributed by atoms with van der Waals surface area (Å²) in [5.41, 5.74) is 0. The van der Waals surface area contributed by atoms with Crippen LogP contribution in [0.5, 0.6) is 0 Å². The molecule has 1 atom stereocenters. The van der Waals surface area contributed by atoms with Gasteiger partial charge in [0.25, 0.3) is 0 Å². The van der Waals surface area contributed by atoms with Gasteiger partial charge >= 0.3 is 0 Å². The molecule has 0 fully saturated rings. The summed E-state index contributed by atoms with van der Waals surface area (Å²) in [5.74, 6) is 0.490. The molecule has 0 heterocycles. The topological polar surface area (TPSA) is 29.5 Å². The average molecular weight is 139 g/mol. The molecule has 0 aliphatic rings. The molecule has 0 aliphatic carbocycles. The van der Waals surface area contributed by atoms with Crippen molar-refractivity contribution in [3.63, 3.8) is 0 Å². The van der Waals surface area contributed by atoms with Crippen molar-refractivity contribution < 1.29 is 9.84 Å². The number of hydrogen-bond donors (Lipinski definition) is 1. The maximum atomic E-state index is 8.39. The van der Waals surface area contributed by atoms with Gasteiger partial charge in [0.2, 0.25) is 0 Å². The Balaban J connectivity index is 2.86. The number of ether oxygens (including phenoxy) is 1. The Kier molecular flexibility index (Phi) is 5.49. The third-order valence-electron chi connectivity index (χ3n) is 0.737. The SMILES string of the molecule is CC(CO)OCCCl. The standard InChI is InChI=1S/C5H11ClO2/c1-5(4-7)8-3-2-6/h5,7H,2-4H2,1H3. The predicted octanol–water partition coefficient (Wildman–Crippen LogP) is 0.623. The van der Waals surface area contributed by atoms with E-state index in [1.807, 2.05) is 0 Å². The molecule has 0 saturated carbocycles. The molecule has 8 heavy (non-hydrogen) atoms. The van der Waals surface area contributed by atoms with Crippen LogP contribution in [0.4, 0.5) is 0 Å². The van der Waals surface area contributed by atoms with Crippen LogP contribution in [0.2, 0.25) is 0 Å². The van der Waals surface area contributed by atoms with Gasteiger partial charge in [0.1, 0.15) is 0 Å². The first-order chi connectivity index (χ1) is 3.81. The quantitative estimate of drug-likeness (QED) is 0.578. The maximum Gasteiger partial charge on any atom is 0.0778 e. The highest BCUT2D eigenvalue weighted by atomic mass is 35.5. The molecular formula is C5H11ClO2. The van der Waals surface area contributed by atoms with Gasteiger partial charge in [-0.3, -0.25) is 0 Å². The molecule has 0 spiro atoms. The highest BCUT2D eigenvalue weighted by Gasteiger charge is 1.95. The molecular weight excluding hydrogens is 128 g/mol. The van der Waals surface area contributed by atoms with Crippen LogP contribution in [-0.2, 0) is 4.74 Å². The van der Waals surface area contributed by atoms with Crippen molar-refractivity contribution in [2.24, 2.45) is 0 Å². The van der Waals surface area contributed by atoms with Gasteiger partial charge in [-0.05, 0) is 6.92 Å².